The molecule has 0 amide bonds. The van der Waals surface area contributed by atoms with Crippen molar-refractivity contribution in [3.63, 3.8) is 0 Å². The van der Waals surface area contributed by atoms with Crippen molar-refractivity contribution in [2.24, 2.45) is 4.36 Å². The Morgan fingerprint density at radius 3 is 2.76 bits per heavy atom. The van der Waals surface area contributed by atoms with Gasteiger partial charge in [-0.05, 0) is 30.2 Å². The lowest BCUT2D eigenvalue weighted by atomic mass is 10.2. The molecule has 0 unspecified atom stereocenters. The molecule has 0 fully saturated rings. The van der Waals surface area contributed by atoms with Crippen LogP contribution in [-0.2, 0) is 16.1 Å². The first-order valence-electron chi connectivity index (χ1n) is 7.66. The smallest absolute Gasteiger partial charge is 0.224 e. The second-order valence-electron chi connectivity index (χ2n) is 5.85. The van der Waals surface area contributed by atoms with Gasteiger partial charge in [-0.15, -0.1) is 0 Å². The molecule has 3 aromatic heterocycles. The highest BCUT2D eigenvalue weighted by Crippen LogP contribution is 2.28. The number of nitrogens with zero attached hydrogens (tertiary/aromatic N) is 5. The van der Waals surface area contributed by atoms with Crippen LogP contribution in [0.3, 0.4) is 0 Å². The van der Waals surface area contributed by atoms with Gasteiger partial charge in [-0.2, -0.15) is 9.35 Å². The molecule has 3 heterocycles. The van der Waals surface area contributed by atoms with Crippen LogP contribution in [0.2, 0.25) is 5.28 Å². The lowest BCUT2D eigenvalue weighted by molar-refractivity contribution is 0.608. The molecule has 25 heavy (non-hydrogen) atoms. The third kappa shape index (κ3) is 3.64. The average molecular weight is 382 g/mol. The van der Waals surface area contributed by atoms with Crippen LogP contribution in [0.5, 0.6) is 0 Å². The van der Waals surface area contributed by atoms with E-state index in [-0.39, 0.29) is 16.5 Å². The van der Waals surface area contributed by atoms with Crippen molar-refractivity contribution in [3.05, 3.63) is 41.2 Å². The van der Waals surface area contributed by atoms with Crippen molar-refractivity contribution in [1.82, 2.24) is 19.5 Å². The fourth-order valence-electron chi connectivity index (χ4n) is 2.58. The number of hydrogen-bond donors (Lipinski definition) is 0. The molecule has 3 aromatic rings. The van der Waals surface area contributed by atoms with Gasteiger partial charge in [-0.25, -0.2) is 18.6 Å². The van der Waals surface area contributed by atoms with E-state index in [0.717, 1.165) is 6.42 Å². The lowest BCUT2D eigenvalue weighted by Crippen LogP contribution is -2.04. The third-order valence-electron chi connectivity index (χ3n) is 3.46. The molecule has 0 atom stereocenters. The summed E-state index contributed by atoms with van der Waals surface area (Å²) in [5.74, 6) is 0.377. The molecule has 3 rings (SSSR count). The Labute approximate surface area is 150 Å². The molecule has 0 bridgehead atoms. The van der Waals surface area contributed by atoms with Gasteiger partial charge in [0.2, 0.25) is 5.28 Å². The van der Waals surface area contributed by atoms with Gasteiger partial charge >= 0.3 is 0 Å². The summed E-state index contributed by atoms with van der Waals surface area (Å²) in [6, 6.07) is 5.11. The van der Waals surface area contributed by atoms with Crippen molar-refractivity contribution in [2.75, 3.05) is 12.5 Å². The van der Waals surface area contributed by atoms with E-state index in [2.05, 4.69) is 19.3 Å². The number of hydrogen-bond acceptors (Lipinski definition) is 5. The maximum absolute atomic E-state index is 14.8. The van der Waals surface area contributed by atoms with Gasteiger partial charge in [0, 0.05) is 28.4 Å². The second kappa shape index (κ2) is 6.68. The van der Waals surface area contributed by atoms with E-state index in [9.17, 15) is 8.60 Å². The standard InChI is InChI=1S/C16H17ClFN5OS/c1-4-6-11-14(18)10-9-19-16(17)21-15(10)23(11)13-8-5-7-12(20-13)22-25(2,3)24/h5,7-9H,4,6H2,1-3H3. The molecule has 0 aliphatic carbocycles. The second-order valence-corrected chi connectivity index (χ2v) is 8.73. The number of rotatable bonds is 4. The predicted molar refractivity (Wildman–Crippen MR) is 97.7 cm³/mol. The zero-order valence-electron chi connectivity index (χ0n) is 14.0. The first-order valence-corrected chi connectivity index (χ1v) is 10.4. The first-order chi connectivity index (χ1) is 11.8. The first kappa shape index (κ1) is 17.8. The summed E-state index contributed by atoms with van der Waals surface area (Å²) in [4.78, 5) is 12.4. The molecular formula is C16H17ClFN5OS. The fraction of sp³-hybridized carbons (Fsp3) is 0.312. The van der Waals surface area contributed by atoms with Crippen LogP contribution in [0.1, 0.15) is 19.0 Å². The van der Waals surface area contributed by atoms with Crippen LogP contribution in [0.15, 0.2) is 28.8 Å². The Morgan fingerprint density at radius 1 is 1.32 bits per heavy atom. The maximum Gasteiger partial charge on any atom is 0.224 e. The summed E-state index contributed by atoms with van der Waals surface area (Å²) in [5, 5.41) is 0.312. The SMILES string of the molecule is CCCc1c(F)c2cnc(Cl)nc2n1-c1cccc(N=S(C)(C)=O)n1. The molecular weight excluding hydrogens is 365 g/mol. The summed E-state index contributed by atoms with van der Waals surface area (Å²) in [6.07, 6.45) is 5.68. The third-order valence-corrected chi connectivity index (χ3v) is 4.27. The van der Waals surface area contributed by atoms with Gasteiger partial charge in [0.15, 0.2) is 17.3 Å². The molecule has 0 aromatic carbocycles. The van der Waals surface area contributed by atoms with Crippen LogP contribution in [0.4, 0.5) is 10.2 Å². The molecule has 0 saturated carbocycles. The summed E-state index contributed by atoms with van der Waals surface area (Å²) in [7, 11) is -2.36. The highest BCUT2D eigenvalue weighted by Gasteiger charge is 2.20. The zero-order valence-corrected chi connectivity index (χ0v) is 15.6. The normalized spacial score (nSPS) is 11.9. The maximum atomic E-state index is 14.8. The molecule has 0 radical (unpaired) electrons. The van der Waals surface area contributed by atoms with Gasteiger partial charge in [-0.1, -0.05) is 19.4 Å². The van der Waals surface area contributed by atoms with Gasteiger partial charge in [-0.3, -0.25) is 4.57 Å². The topological polar surface area (TPSA) is 73.0 Å². The largest absolute Gasteiger partial charge is 0.279 e. The van der Waals surface area contributed by atoms with E-state index in [4.69, 9.17) is 11.6 Å². The van der Waals surface area contributed by atoms with E-state index in [1.165, 1.54) is 18.7 Å². The summed E-state index contributed by atoms with van der Waals surface area (Å²) in [6.45, 7) is 1.96. The molecule has 0 aliphatic rings. The molecule has 0 saturated heterocycles. The number of fused-ring (bicyclic) bond motifs is 1. The lowest BCUT2D eigenvalue weighted by Gasteiger charge is -2.09. The van der Waals surface area contributed by atoms with E-state index in [0.29, 0.717) is 29.4 Å². The van der Waals surface area contributed by atoms with Gasteiger partial charge in [0.1, 0.15) is 5.82 Å². The van der Waals surface area contributed by atoms with E-state index < -0.39 is 9.73 Å². The van der Waals surface area contributed by atoms with Crippen LogP contribution in [0, 0.1) is 5.82 Å². The number of pyridine rings is 1. The minimum atomic E-state index is -2.36. The average Bonchev–Trinajstić information content (AvgIpc) is 2.78. The van der Waals surface area contributed by atoms with E-state index in [1.807, 2.05) is 6.92 Å². The molecule has 0 aliphatic heterocycles. The van der Waals surface area contributed by atoms with Crippen molar-refractivity contribution in [1.29, 1.82) is 0 Å². The Balaban J connectivity index is 2.31. The highest BCUT2D eigenvalue weighted by molar-refractivity contribution is 7.92. The fourth-order valence-corrected chi connectivity index (χ4v) is 3.26. The number of aromatic nitrogens is 4. The number of halogens is 2. The summed E-state index contributed by atoms with van der Waals surface area (Å²) in [5.41, 5.74) is 0.798. The van der Waals surface area contributed by atoms with Crippen LogP contribution >= 0.6 is 11.6 Å². The van der Waals surface area contributed by atoms with Crippen molar-refractivity contribution < 1.29 is 8.60 Å². The minimum absolute atomic E-state index is 0.0280. The Kier molecular flexibility index (Phi) is 4.75. The molecule has 132 valence electrons. The van der Waals surface area contributed by atoms with E-state index >= 15 is 0 Å². The minimum Gasteiger partial charge on any atom is -0.279 e. The molecule has 9 heteroatoms. The zero-order chi connectivity index (χ0) is 18.2. The van der Waals surface area contributed by atoms with Crippen molar-refractivity contribution >= 4 is 38.2 Å². The summed E-state index contributed by atoms with van der Waals surface area (Å²) < 4.78 is 32.5. The van der Waals surface area contributed by atoms with Gasteiger partial charge in [0.05, 0.1) is 11.1 Å². The van der Waals surface area contributed by atoms with Gasteiger partial charge < -0.3 is 0 Å². The van der Waals surface area contributed by atoms with Crippen molar-refractivity contribution in [3.8, 4) is 5.82 Å². The van der Waals surface area contributed by atoms with Crippen LogP contribution in [-0.4, -0.2) is 36.2 Å². The molecule has 6 nitrogen and oxygen atoms in total. The van der Waals surface area contributed by atoms with Crippen molar-refractivity contribution in [2.45, 2.75) is 19.8 Å². The Bertz CT molecular complexity index is 1060. The predicted octanol–water partition coefficient (Wildman–Crippen LogP) is 3.92. The van der Waals surface area contributed by atoms with Gasteiger partial charge in [0.25, 0.3) is 0 Å². The Morgan fingerprint density at radius 2 is 2.08 bits per heavy atom. The molecule has 0 spiro atoms. The quantitative estimate of drug-likeness (QED) is 0.642. The van der Waals surface area contributed by atoms with Crippen LogP contribution in [0.25, 0.3) is 16.9 Å². The Hall–Kier alpha value is -2.06. The summed E-state index contributed by atoms with van der Waals surface area (Å²) >= 11 is 5.90. The molecule has 0 N–H and O–H groups in total. The highest BCUT2D eigenvalue weighted by atomic mass is 35.5. The monoisotopic (exact) mass is 381 g/mol. The van der Waals surface area contributed by atoms with E-state index in [1.54, 1.807) is 22.8 Å². The van der Waals surface area contributed by atoms with Crippen LogP contribution < -0.4 is 0 Å².